The van der Waals surface area contributed by atoms with E-state index in [1.807, 2.05) is 0 Å². The molecule has 0 aromatic heterocycles. The second-order valence-corrected chi connectivity index (χ2v) is 14.7. The predicted octanol–water partition coefficient (Wildman–Crippen LogP) is 7.42. The van der Waals surface area contributed by atoms with Crippen LogP contribution in [-0.2, 0) is 32.2 Å². The molecule has 12 nitrogen and oxygen atoms in total. The highest BCUT2D eigenvalue weighted by Crippen LogP contribution is 2.36. The lowest BCUT2D eigenvalue weighted by atomic mass is 10.0. The summed E-state index contributed by atoms with van der Waals surface area (Å²) in [6, 6.07) is 14.9. The molecule has 0 saturated carbocycles. The summed E-state index contributed by atoms with van der Waals surface area (Å²) in [5, 5.41) is 4.45. The standard InChI is InChI=1S/2C18H23F3N2O4/c2*1-17(2,3)27-16(25)23-9-13(18(19,20)21)14(10-23)22-15(24)26-11-12-7-5-4-6-8-12/h2*4-8,13-14H,9-11H2,1-3H3,(H,22,24)/t2*13-,14-/m10/s1. The van der Waals surface area contributed by atoms with Crippen molar-refractivity contribution in [2.75, 3.05) is 26.2 Å². The Morgan fingerprint density at radius 1 is 0.574 bits per heavy atom. The number of nitrogens with one attached hydrogen (secondary N) is 2. The lowest BCUT2D eigenvalue weighted by Crippen LogP contribution is -2.45. The van der Waals surface area contributed by atoms with Gasteiger partial charge in [0.2, 0.25) is 0 Å². The van der Waals surface area contributed by atoms with Gasteiger partial charge < -0.3 is 39.4 Å². The fraction of sp³-hybridized carbons (Fsp3) is 0.556. The van der Waals surface area contributed by atoms with Crippen molar-refractivity contribution in [3.05, 3.63) is 71.8 Å². The Hall–Kier alpha value is -4.90. The Morgan fingerprint density at radius 2 is 0.889 bits per heavy atom. The van der Waals surface area contributed by atoms with E-state index in [9.17, 15) is 45.5 Å². The van der Waals surface area contributed by atoms with E-state index < -0.39 is 84.9 Å². The minimum absolute atomic E-state index is 0.0636. The van der Waals surface area contributed by atoms with E-state index in [2.05, 4.69) is 10.6 Å². The van der Waals surface area contributed by atoms with Crippen molar-refractivity contribution in [3.63, 3.8) is 0 Å². The molecule has 2 heterocycles. The SMILES string of the molecule is CC(C)(C)OC(=O)N1C[C@@H](C(F)(F)F)[C@H](NC(=O)OCc2ccccc2)C1.CC(C)(C)OC(=O)N1C[C@H](NC(=O)OCc2ccccc2)[C@@H](C(F)(F)F)C1. The van der Waals surface area contributed by atoms with Crippen LogP contribution < -0.4 is 10.6 Å². The maximum absolute atomic E-state index is 13.3. The Bertz CT molecular complexity index is 1430. The second kappa shape index (κ2) is 18.0. The normalized spacial score (nSPS) is 20.3. The Kier molecular flexibility index (Phi) is 14.5. The number of alkyl halides is 6. The molecular weight excluding hydrogens is 730 g/mol. The Balaban J connectivity index is 0.000000290. The van der Waals surface area contributed by atoms with Gasteiger partial charge in [-0.05, 0) is 52.7 Å². The number of carbonyl (C=O) groups is 4. The molecule has 4 rings (SSSR count). The summed E-state index contributed by atoms with van der Waals surface area (Å²) in [5.41, 5.74) is -0.237. The topological polar surface area (TPSA) is 136 Å². The number of hydrogen-bond donors (Lipinski definition) is 2. The van der Waals surface area contributed by atoms with Crippen LogP contribution in [0.3, 0.4) is 0 Å². The van der Waals surface area contributed by atoms with Crippen molar-refractivity contribution < 1.29 is 64.5 Å². The molecule has 2 saturated heterocycles. The van der Waals surface area contributed by atoms with Crippen molar-refractivity contribution in [2.24, 2.45) is 11.8 Å². The second-order valence-electron chi connectivity index (χ2n) is 14.7. The number of amides is 4. The molecule has 0 unspecified atom stereocenters. The minimum atomic E-state index is -4.58. The zero-order valence-corrected chi connectivity index (χ0v) is 30.8. The molecule has 2 N–H and O–H groups in total. The molecule has 2 aromatic rings. The molecule has 0 radical (unpaired) electrons. The molecule has 2 fully saturated rings. The van der Waals surface area contributed by atoms with Crippen LogP contribution in [0.2, 0.25) is 0 Å². The quantitative estimate of drug-likeness (QED) is 0.229. The highest BCUT2D eigenvalue weighted by Gasteiger charge is 2.53. The molecule has 18 heteroatoms. The van der Waals surface area contributed by atoms with Crippen LogP contribution in [0, 0.1) is 11.8 Å². The molecule has 4 atom stereocenters. The number of benzene rings is 2. The first-order chi connectivity index (χ1) is 24.9. The van der Waals surface area contributed by atoms with Gasteiger partial charge in [-0.25, -0.2) is 19.2 Å². The summed E-state index contributed by atoms with van der Waals surface area (Å²) in [6.07, 6.45) is -12.8. The van der Waals surface area contributed by atoms with Crippen LogP contribution in [0.25, 0.3) is 0 Å². The van der Waals surface area contributed by atoms with Gasteiger partial charge in [-0.1, -0.05) is 60.7 Å². The summed E-state index contributed by atoms with van der Waals surface area (Å²) in [4.78, 5) is 49.9. The number of alkyl carbamates (subject to hydrolysis) is 2. The van der Waals surface area contributed by atoms with Gasteiger partial charge in [-0.2, -0.15) is 26.3 Å². The van der Waals surface area contributed by atoms with Gasteiger partial charge >= 0.3 is 36.7 Å². The van der Waals surface area contributed by atoms with E-state index in [-0.39, 0.29) is 26.3 Å². The number of likely N-dealkylation sites (tertiary alicyclic amines) is 2. The third-order valence-electron chi connectivity index (χ3n) is 7.82. The van der Waals surface area contributed by atoms with Gasteiger partial charge in [0.1, 0.15) is 24.4 Å². The van der Waals surface area contributed by atoms with Crippen LogP contribution in [-0.4, -0.2) is 96.0 Å². The lowest BCUT2D eigenvalue weighted by molar-refractivity contribution is -0.175. The maximum atomic E-state index is 13.3. The van der Waals surface area contributed by atoms with Crippen LogP contribution in [0.4, 0.5) is 45.5 Å². The third kappa shape index (κ3) is 14.5. The van der Waals surface area contributed by atoms with Crippen LogP contribution >= 0.6 is 0 Å². The van der Waals surface area contributed by atoms with Gasteiger partial charge in [0.15, 0.2) is 0 Å². The average Bonchev–Trinajstić information content (AvgIpc) is 3.68. The summed E-state index contributed by atoms with van der Waals surface area (Å²) >= 11 is 0. The van der Waals surface area contributed by atoms with E-state index in [1.165, 1.54) is 0 Å². The highest BCUT2D eigenvalue weighted by atomic mass is 19.4. The smallest absolute Gasteiger partial charge is 0.410 e. The fourth-order valence-electron chi connectivity index (χ4n) is 5.35. The van der Waals surface area contributed by atoms with Crippen molar-refractivity contribution >= 4 is 24.4 Å². The van der Waals surface area contributed by atoms with E-state index in [4.69, 9.17) is 18.9 Å². The molecule has 0 bridgehead atoms. The van der Waals surface area contributed by atoms with E-state index in [1.54, 1.807) is 102 Å². The molecule has 300 valence electrons. The molecular formula is C36H46F6N4O8. The molecule has 2 aliphatic heterocycles. The summed E-state index contributed by atoms with van der Waals surface area (Å²) in [5.74, 6) is -3.79. The van der Waals surface area contributed by atoms with Gasteiger partial charge in [-0.3, -0.25) is 0 Å². The Labute approximate surface area is 309 Å². The molecule has 54 heavy (non-hydrogen) atoms. The highest BCUT2D eigenvalue weighted by molar-refractivity contribution is 5.71. The van der Waals surface area contributed by atoms with E-state index in [0.29, 0.717) is 11.1 Å². The van der Waals surface area contributed by atoms with Gasteiger partial charge in [0.05, 0.1) is 23.9 Å². The third-order valence-corrected chi connectivity index (χ3v) is 7.82. The number of ether oxygens (including phenoxy) is 4. The van der Waals surface area contributed by atoms with Crippen molar-refractivity contribution in [1.29, 1.82) is 0 Å². The maximum Gasteiger partial charge on any atom is 0.410 e. The summed E-state index contributed by atoms with van der Waals surface area (Å²) < 4.78 is 100. The van der Waals surface area contributed by atoms with Gasteiger partial charge in [0, 0.05) is 26.2 Å². The number of halogens is 6. The van der Waals surface area contributed by atoms with Crippen LogP contribution in [0.5, 0.6) is 0 Å². The number of hydrogen-bond acceptors (Lipinski definition) is 8. The van der Waals surface area contributed by atoms with Gasteiger partial charge in [-0.15, -0.1) is 0 Å². The van der Waals surface area contributed by atoms with Gasteiger partial charge in [0.25, 0.3) is 0 Å². The number of carbonyl (C=O) groups excluding carboxylic acids is 4. The molecule has 0 aliphatic carbocycles. The van der Waals surface area contributed by atoms with Crippen molar-refractivity contribution in [1.82, 2.24) is 20.4 Å². The number of rotatable bonds is 6. The summed E-state index contributed by atoms with van der Waals surface area (Å²) in [6.45, 7) is 7.84. The van der Waals surface area contributed by atoms with E-state index in [0.717, 1.165) is 9.80 Å². The van der Waals surface area contributed by atoms with Crippen molar-refractivity contribution in [2.45, 2.75) is 90.4 Å². The van der Waals surface area contributed by atoms with Crippen molar-refractivity contribution in [3.8, 4) is 0 Å². The number of nitrogens with zero attached hydrogens (tertiary/aromatic N) is 2. The molecule has 2 aromatic carbocycles. The summed E-state index contributed by atoms with van der Waals surface area (Å²) in [7, 11) is 0. The zero-order chi connectivity index (χ0) is 40.5. The first-order valence-electron chi connectivity index (χ1n) is 16.9. The Morgan fingerprint density at radius 3 is 1.17 bits per heavy atom. The molecule has 2 aliphatic rings. The van der Waals surface area contributed by atoms with Crippen LogP contribution in [0.1, 0.15) is 52.7 Å². The monoisotopic (exact) mass is 776 g/mol. The molecule has 4 amide bonds. The zero-order valence-electron chi connectivity index (χ0n) is 30.8. The molecule has 0 spiro atoms. The first kappa shape index (κ1) is 43.5. The fourth-order valence-corrected chi connectivity index (χ4v) is 5.35. The predicted molar refractivity (Wildman–Crippen MR) is 182 cm³/mol. The largest absolute Gasteiger partial charge is 0.445 e. The lowest BCUT2D eigenvalue weighted by Gasteiger charge is -2.24. The van der Waals surface area contributed by atoms with Crippen LogP contribution in [0.15, 0.2) is 60.7 Å². The minimum Gasteiger partial charge on any atom is -0.445 e. The first-order valence-corrected chi connectivity index (χ1v) is 16.9. The average molecular weight is 777 g/mol. The van der Waals surface area contributed by atoms with E-state index >= 15 is 0 Å².